The first kappa shape index (κ1) is 15.4. The number of hydrogen-bond acceptors (Lipinski definition) is 1. The van der Waals surface area contributed by atoms with Gasteiger partial charge in [0.25, 0.3) is 0 Å². The van der Waals surface area contributed by atoms with E-state index >= 15 is 0 Å². The monoisotopic (exact) mass is 358 g/mol. The molecule has 1 aliphatic carbocycles. The van der Waals surface area contributed by atoms with E-state index in [4.69, 9.17) is 4.98 Å². The van der Waals surface area contributed by atoms with Crippen molar-refractivity contribution >= 4 is 10.9 Å². The molecule has 0 spiro atoms. The fraction of sp³-hybridized carbons (Fsp3) is 0.0385. The molecule has 132 valence electrons. The normalized spacial score (nSPS) is 14.0. The van der Waals surface area contributed by atoms with E-state index in [1.807, 2.05) is 12.4 Å². The Kier molecular flexibility index (Phi) is 3.12. The van der Waals surface area contributed by atoms with Crippen molar-refractivity contribution in [3.8, 4) is 11.1 Å². The predicted octanol–water partition coefficient (Wildman–Crippen LogP) is 5.93. The summed E-state index contributed by atoms with van der Waals surface area (Å²) in [5, 5.41) is 1.23. The summed E-state index contributed by atoms with van der Waals surface area (Å²) < 4.78 is 0. The van der Waals surface area contributed by atoms with E-state index in [1.165, 1.54) is 33.2 Å². The second kappa shape index (κ2) is 5.67. The minimum absolute atomic E-state index is 0.417. The molecule has 1 N–H and O–H groups in total. The Labute approximate surface area is 163 Å². The molecule has 2 heteroatoms. The Morgan fingerprint density at radius 1 is 0.679 bits per heavy atom. The lowest BCUT2D eigenvalue weighted by molar-refractivity contribution is 0.739. The maximum Gasteiger partial charge on any atom is 0.0886 e. The summed E-state index contributed by atoms with van der Waals surface area (Å²) in [5.74, 6) is 0. The Morgan fingerprint density at radius 3 is 2.04 bits per heavy atom. The minimum atomic E-state index is -0.417. The lowest BCUT2D eigenvalue weighted by atomic mass is 9.69. The van der Waals surface area contributed by atoms with Crippen LogP contribution in [-0.2, 0) is 5.41 Å². The standard InChI is InChI=1S/C26H18N2/c1-3-9-18(10-4-1)26(19-11-5-2-6-12-19)22-14-8-7-13-20(22)24-21-15-16-27-23(21)17-28-25(24)26/h1-17,27H. The summed E-state index contributed by atoms with van der Waals surface area (Å²) in [6.45, 7) is 0. The van der Waals surface area contributed by atoms with E-state index in [1.54, 1.807) is 0 Å². The molecule has 2 nitrogen and oxygen atoms in total. The van der Waals surface area contributed by atoms with E-state index in [2.05, 4.69) is 96.0 Å². The van der Waals surface area contributed by atoms with Crippen LogP contribution in [-0.4, -0.2) is 9.97 Å². The van der Waals surface area contributed by atoms with Crippen molar-refractivity contribution in [2.24, 2.45) is 0 Å². The van der Waals surface area contributed by atoms with Crippen LogP contribution in [0.3, 0.4) is 0 Å². The number of fused-ring (bicyclic) bond motifs is 5. The Balaban J connectivity index is 1.85. The van der Waals surface area contributed by atoms with Crippen molar-refractivity contribution in [2.45, 2.75) is 5.41 Å². The van der Waals surface area contributed by atoms with Crippen molar-refractivity contribution < 1.29 is 0 Å². The van der Waals surface area contributed by atoms with E-state index < -0.39 is 5.41 Å². The van der Waals surface area contributed by atoms with E-state index in [0.29, 0.717) is 0 Å². The molecular formula is C26H18N2. The highest BCUT2D eigenvalue weighted by molar-refractivity contribution is 6.01. The van der Waals surface area contributed by atoms with Gasteiger partial charge in [-0.2, -0.15) is 0 Å². The molecule has 0 atom stereocenters. The lowest BCUT2D eigenvalue weighted by Gasteiger charge is -2.32. The summed E-state index contributed by atoms with van der Waals surface area (Å²) in [6.07, 6.45) is 3.97. The molecule has 0 unspecified atom stereocenters. The third-order valence-corrected chi connectivity index (χ3v) is 5.98. The smallest absolute Gasteiger partial charge is 0.0886 e. The number of H-pyrrole nitrogens is 1. The average molecular weight is 358 g/mol. The van der Waals surface area contributed by atoms with Gasteiger partial charge in [-0.05, 0) is 28.3 Å². The third-order valence-electron chi connectivity index (χ3n) is 5.98. The van der Waals surface area contributed by atoms with E-state index in [9.17, 15) is 0 Å². The highest BCUT2D eigenvalue weighted by Crippen LogP contribution is 2.56. The molecule has 0 saturated heterocycles. The van der Waals surface area contributed by atoms with Crippen LogP contribution >= 0.6 is 0 Å². The minimum Gasteiger partial charge on any atom is -0.360 e. The van der Waals surface area contributed by atoms with Gasteiger partial charge in [-0.1, -0.05) is 84.9 Å². The zero-order chi connectivity index (χ0) is 18.6. The van der Waals surface area contributed by atoms with Crippen molar-refractivity contribution in [1.82, 2.24) is 9.97 Å². The lowest BCUT2D eigenvalue weighted by Crippen LogP contribution is -2.29. The van der Waals surface area contributed by atoms with Gasteiger partial charge in [0.05, 0.1) is 22.8 Å². The second-order valence-electron chi connectivity index (χ2n) is 7.31. The average Bonchev–Trinajstić information content (AvgIpc) is 3.36. The number of pyridine rings is 1. The highest BCUT2D eigenvalue weighted by atomic mass is 14.8. The largest absolute Gasteiger partial charge is 0.360 e. The SMILES string of the molecule is c1ccc(C2(c3ccccc3)c3ccccc3-c3c2ncc2[nH]ccc32)cc1. The van der Waals surface area contributed by atoms with Crippen LogP contribution in [0.2, 0.25) is 0 Å². The molecule has 0 bridgehead atoms. The number of aromatic nitrogens is 2. The Hall–Kier alpha value is -3.65. The molecule has 2 aromatic heterocycles. The second-order valence-corrected chi connectivity index (χ2v) is 7.31. The van der Waals surface area contributed by atoms with Crippen molar-refractivity contribution in [3.05, 3.63) is 126 Å². The van der Waals surface area contributed by atoms with Crippen LogP contribution in [0.4, 0.5) is 0 Å². The van der Waals surface area contributed by atoms with E-state index in [-0.39, 0.29) is 0 Å². The van der Waals surface area contributed by atoms with Crippen LogP contribution < -0.4 is 0 Å². The van der Waals surface area contributed by atoms with Gasteiger partial charge in [-0.3, -0.25) is 4.98 Å². The Bertz CT molecular complexity index is 1260. The van der Waals surface area contributed by atoms with E-state index in [0.717, 1.165) is 11.2 Å². The summed E-state index contributed by atoms with van der Waals surface area (Å²) in [7, 11) is 0. The number of hydrogen-bond donors (Lipinski definition) is 1. The number of benzene rings is 3. The van der Waals surface area contributed by atoms with Crippen LogP contribution in [0.5, 0.6) is 0 Å². The highest BCUT2D eigenvalue weighted by Gasteiger charge is 2.47. The van der Waals surface area contributed by atoms with Crippen molar-refractivity contribution in [1.29, 1.82) is 0 Å². The molecule has 1 aliphatic rings. The molecule has 0 radical (unpaired) electrons. The maximum absolute atomic E-state index is 5.05. The van der Waals surface area contributed by atoms with Crippen molar-refractivity contribution in [2.75, 3.05) is 0 Å². The first-order valence-electron chi connectivity index (χ1n) is 9.58. The molecular weight excluding hydrogens is 340 g/mol. The van der Waals surface area contributed by atoms with Gasteiger partial charge in [0.2, 0.25) is 0 Å². The Morgan fingerprint density at radius 2 is 1.32 bits per heavy atom. The number of aromatic amines is 1. The number of rotatable bonds is 2. The number of nitrogens with zero attached hydrogens (tertiary/aromatic N) is 1. The topological polar surface area (TPSA) is 28.7 Å². The molecule has 0 aliphatic heterocycles. The summed E-state index contributed by atoms with van der Waals surface area (Å²) >= 11 is 0. The van der Waals surface area contributed by atoms with Crippen LogP contribution in [0.25, 0.3) is 22.0 Å². The number of nitrogens with one attached hydrogen (secondary N) is 1. The zero-order valence-electron chi connectivity index (χ0n) is 15.3. The fourth-order valence-corrected chi connectivity index (χ4v) is 4.87. The zero-order valence-corrected chi connectivity index (χ0v) is 15.3. The fourth-order valence-electron chi connectivity index (χ4n) is 4.87. The molecule has 0 amide bonds. The quantitative estimate of drug-likeness (QED) is 0.408. The molecule has 3 aromatic carbocycles. The predicted molar refractivity (Wildman–Crippen MR) is 113 cm³/mol. The molecule has 2 heterocycles. The summed E-state index contributed by atoms with van der Waals surface area (Å²) in [6, 6.07) is 32.5. The van der Waals surface area contributed by atoms with Gasteiger partial charge in [0, 0.05) is 17.1 Å². The maximum atomic E-state index is 5.05. The third kappa shape index (κ3) is 1.84. The molecule has 0 saturated carbocycles. The molecule has 5 aromatic rings. The van der Waals surface area contributed by atoms with Crippen molar-refractivity contribution in [3.63, 3.8) is 0 Å². The molecule has 0 fully saturated rings. The van der Waals surface area contributed by atoms with Gasteiger partial charge >= 0.3 is 0 Å². The van der Waals surface area contributed by atoms with Gasteiger partial charge in [0.1, 0.15) is 0 Å². The summed E-state index contributed by atoms with van der Waals surface area (Å²) in [5.41, 5.74) is 8.06. The van der Waals surface area contributed by atoms with Crippen LogP contribution in [0.15, 0.2) is 103 Å². The van der Waals surface area contributed by atoms with Gasteiger partial charge in [-0.15, -0.1) is 0 Å². The molecule has 28 heavy (non-hydrogen) atoms. The van der Waals surface area contributed by atoms with Gasteiger partial charge in [-0.25, -0.2) is 0 Å². The van der Waals surface area contributed by atoms with Gasteiger partial charge in [0.15, 0.2) is 0 Å². The van der Waals surface area contributed by atoms with Crippen LogP contribution in [0.1, 0.15) is 22.4 Å². The van der Waals surface area contributed by atoms with Crippen LogP contribution in [0, 0.1) is 0 Å². The first-order chi connectivity index (χ1) is 13.9. The van der Waals surface area contributed by atoms with Gasteiger partial charge < -0.3 is 4.98 Å². The summed E-state index contributed by atoms with van der Waals surface area (Å²) in [4.78, 5) is 8.37. The molecule has 6 rings (SSSR count). The first-order valence-corrected chi connectivity index (χ1v) is 9.58.